The number of carbonyl (C=O) groups is 1. The minimum absolute atomic E-state index is 0.341. The maximum absolute atomic E-state index is 11.0. The molecule has 0 aliphatic heterocycles. The minimum atomic E-state index is -0.412. The third-order valence-electron chi connectivity index (χ3n) is 1.59. The number of aromatic nitrogens is 1. The van der Waals surface area contributed by atoms with Crippen LogP contribution in [0.25, 0.3) is 6.08 Å². The van der Waals surface area contributed by atoms with Crippen molar-refractivity contribution in [3.63, 3.8) is 0 Å². The van der Waals surface area contributed by atoms with Crippen LogP contribution < -0.4 is 5.73 Å². The van der Waals surface area contributed by atoms with Crippen LogP contribution in [0.4, 0.5) is 5.82 Å². The van der Waals surface area contributed by atoms with Crippen molar-refractivity contribution in [2.75, 3.05) is 12.3 Å². The monoisotopic (exact) mass is 226 g/mol. The zero-order valence-electron chi connectivity index (χ0n) is 8.24. The van der Waals surface area contributed by atoms with Crippen molar-refractivity contribution in [2.45, 2.75) is 6.92 Å². The van der Waals surface area contributed by atoms with Crippen LogP contribution >= 0.6 is 11.6 Å². The average molecular weight is 227 g/mol. The van der Waals surface area contributed by atoms with Gasteiger partial charge >= 0.3 is 5.97 Å². The van der Waals surface area contributed by atoms with Crippen LogP contribution in [0.15, 0.2) is 18.3 Å². The van der Waals surface area contributed by atoms with Crippen LogP contribution in [0, 0.1) is 0 Å². The zero-order chi connectivity index (χ0) is 11.3. The van der Waals surface area contributed by atoms with Crippen LogP contribution in [0.1, 0.15) is 12.5 Å². The molecule has 0 radical (unpaired) electrons. The summed E-state index contributed by atoms with van der Waals surface area (Å²) in [6.07, 6.45) is 4.32. The van der Waals surface area contributed by atoms with Gasteiger partial charge < -0.3 is 10.5 Å². The van der Waals surface area contributed by atoms with Crippen molar-refractivity contribution >= 4 is 29.5 Å². The van der Waals surface area contributed by atoms with E-state index in [9.17, 15) is 4.79 Å². The molecule has 1 rings (SSSR count). The van der Waals surface area contributed by atoms with Crippen molar-refractivity contribution in [3.05, 3.63) is 28.9 Å². The molecule has 80 valence electrons. The molecule has 0 amide bonds. The highest BCUT2D eigenvalue weighted by molar-refractivity contribution is 6.32. The molecule has 1 heterocycles. The fraction of sp³-hybridized carbons (Fsp3) is 0.200. The predicted molar refractivity (Wildman–Crippen MR) is 59.3 cm³/mol. The molecule has 5 heteroatoms. The molecule has 0 aromatic carbocycles. The summed E-state index contributed by atoms with van der Waals surface area (Å²) >= 11 is 5.87. The predicted octanol–water partition coefficient (Wildman–Crippen LogP) is 1.89. The van der Waals surface area contributed by atoms with E-state index < -0.39 is 5.97 Å². The van der Waals surface area contributed by atoms with E-state index in [0.717, 1.165) is 0 Å². The average Bonchev–Trinajstić information content (AvgIpc) is 2.17. The Morgan fingerprint density at radius 1 is 1.73 bits per heavy atom. The Bertz CT molecular complexity index is 391. The van der Waals surface area contributed by atoms with Crippen molar-refractivity contribution in [1.29, 1.82) is 0 Å². The lowest BCUT2D eigenvalue weighted by Gasteiger charge is -1.99. The van der Waals surface area contributed by atoms with E-state index in [1.165, 1.54) is 24.4 Å². The summed E-state index contributed by atoms with van der Waals surface area (Å²) in [5, 5.41) is 0.447. The van der Waals surface area contributed by atoms with Gasteiger partial charge in [0.15, 0.2) is 0 Å². The number of pyridine rings is 1. The van der Waals surface area contributed by atoms with Crippen LogP contribution in [0.2, 0.25) is 5.02 Å². The normalized spacial score (nSPS) is 10.5. The number of esters is 1. The second kappa shape index (κ2) is 5.36. The highest BCUT2D eigenvalue weighted by Crippen LogP contribution is 2.18. The Hall–Kier alpha value is -1.55. The smallest absolute Gasteiger partial charge is 0.330 e. The number of hydrogen-bond acceptors (Lipinski definition) is 4. The van der Waals surface area contributed by atoms with Crippen LogP contribution in [-0.2, 0) is 9.53 Å². The molecule has 15 heavy (non-hydrogen) atoms. The van der Waals surface area contributed by atoms with Gasteiger partial charge in [-0.05, 0) is 19.1 Å². The molecule has 1 aromatic rings. The first-order valence-electron chi connectivity index (χ1n) is 4.39. The first-order valence-corrected chi connectivity index (χ1v) is 4.77. The summed E-state index contributed by atoms with van der Waals surface area (Å²) in [7, 11) is 0. The van der Waals surface area contributed by atoms with E-state index in [1.807, 2.05) is 0 Å². The summed E-state index contributed by atoms with van der Waals surface area (Å²) < 4.78 is 4.71. The molecule has 2 N–H and O–H groups in total. The zero-order valence-corrected chi connectivity index (χ0v) is 8.99. The third kappa shape index (κ3) is 3.59. The molecular formula is C10H11ClN2O2. The standard InChI is InChI=1S/C10H11ClN2O2/c1-2-15-10(14)4-3-7-6-13-9(12)5-8(7)11/h3-6H,2H2,1H3,(H2,12,13). The number of rotatable bonds is 3. The molecule has 0 atom stereocenters. The van der Waals surface area contributed by atoms with Crippen molar-refractivity contribution in [2.24, 2.45) is 0 Å². The Balaban J connectivity index is 2.76. The SMILES string of the molecule is CCOC(=O)C=Cc1cnc(N)cc1Cl. The van der Waals surface area contributed by atoms with Gasteiger partial charge in [-0.15, -0.1) is 0 Å². The van der Waals surface area contributed by atoms with E-state index in [-0.39, 0.29) is 0 Å². The molecule has 0 bridgehead atoms. The van der Waals surface area contributed by atoms with Gasteiger partial charge in [-0.25, -0.2) is 9.78 Å². The van der Waals surface area contributed by atoms with Crippen molar-refractivity contribution in [3.8, 4) is 0 Å². The van der Waals surface area contributed by atoms with Crippen LogP contribution in [0.3, 0.4) is 0 Å². The van der Waals surface area contributed by atoms with Gasteiger partial charge in [0.2, 0.25) is 0 Å². The van der Waals surface area contributed by atoms with Gasteiger partial charge in [0.05, 0.1) is 11.6 Å². The number of carbonyl (C=O) groups excluding carboxylic acids is 1. The molecular weight excluding hydrogens is 216 g/mol. The molecule has 0 fully saturated rings. The van der Waals surface area contributed by atoms with E-state index >= 15 is 0 Å². The lowest BCUT2D eigenvalue weighted by Crippen LogP contribution is -1.98. The van der Waals surface area contributed by atoms with Crippen molar-refractivity contribution in [1.82, 2.24) is 4.98 Å². The highest BCUT2D eigenvalue weighted by atomic mass is 35.5. The van der Waals surface area contributed by atoms with Gasteiger partial charge in [0, 0.05) is 17.8 Å². The fourth-order valence-electron chi connectivity index (χ4n) is 0.927. The molecule has 0 saturated carbocycles. The Kier molecular flexibility index (Phi) is 4.12. The second-order valence-electron chi connectivity index (χ2n) is 2.72. The third-order valence-corrected chi connectivity index (χ3v) is 1.92. The Morgan fingerprint density at radius 3 is 3.07 bits per heavy atom. The maximum atomic E-state index is 11.0. The molecule has 1 aromatic heterocycles. The molecule has 0 unspecified atom stereocenters. The number of nitrogen functional groups attached to an aromatic ring is 1. The van der Waals surface area contributed by atoms with Crippen LogP contribution in [0.5, 0.6) is 0 Å². The minimum Gasteiger partial charge on any atom is -0.463 e. The number of halogens is 1. The Morgan fingerprint density at radius 2 is 2.47 bits per heavy atom. The number of nitrogens with zero attached hydrogens (tertiary/aromatic N) is 1. The van der Waals surface area contributed by atoms with Crippen LogP contribution in [-0.4, -0.2) is 17.6 Å². The number of anilines is 1. The largest absolute Gasteiger partial charge is 0.463 e. The number of ether oxygens (including phenoxy) is 1. The maximum Gasteiger partial charge on any atom is 0.330 e. The molecule has 0 spiro atoms. The lowest BCUT2D eigenvalue weighted by atomic mass is 10.2. The molecule has 4 nitrogen and oxygen atoms in total. The van der Waals surface area contributed by atoms with E-state index in [2.05, 4.69) is 4.98 Å². The topological polar surface area (TPSA) is 65.2 Å². The van der Waals surface area contributed by atoms with Gasteiger partial charge in [0.1, 0.15) is 5.82 Å². The first-order chi connectivity index (χ1) is 7.13. The van der Waals surface area contributed by atoms with Gasteiger partial charge in [-0.1, -0.05) is 11.6 Å². The number of nitrogens with two attached hydrogens (primary N) is 1. The Labute approximate surface area is 92.7 Å². The molecule has 0 saturated heterocycles. The van der Waals surface area contributed by atoms with Crippen molar-refractivity contribution < 1.29 is 9.53 Å². The second-order valence-corrected chi connectivity index (χ2v) is 3.12. The van der Waals surface area contributed by atoms with Gasteiger partial charge in [-0.2, -0.15) is 0 Å². The van der Waals surface area contributed by atoms with E-state index in [0.29, 0.717) is 23.0 Å². The van der Waals surface area contributed by atoms with E-state index in [1.54, 1.807) is 6.92 Å². The summed E-state index contributed by atoms with van der Waals surface area (Å²) in [4.78, 5) is 14.9. The summed E-state index contributed by atoms with van der Waals surface area (Å²) in [5.41, 5.74) is 6.04. The first kappa shape index (κ1) is 11.5. The highest BCUT2D eigenvalue weighted by Gasteiger charge is 1.99. The summed E-state index contributed by atoms with van der Waals surface area (Å²) in [6.45, 7) is 2.08. The molecule has 0 aliphatic rings. The molecule has 0 aliphatic carbocycles. The lowest BCUT2D eigenvalue weighted by molar-refractivity contribution is -0.137. The van der Waals surface area contributed by atoms with Gasteiger partial charge in [-0.3, -0.25) is 0 Å². The summed E-state index contributed by atoms with van der Waals surface area (Å²) in [5.74, 6) is -0.0707. The van der Waals surface area contributed by atoms with E-state index in [4.69, 9.17) is 22.1 Å². The quantitative estimate of drug-likeness (QED) is 0.632. The van der Waals surface area contributed by atoms with Gasteiger partial charge in [0.25, 0.3) is 0 Å². The number of hydrogen-bond donors (Lipinski definition) is 1. The summed E-state index contributed by atoms with van der Waals surface area (Å²) in [6, 6.07) is 1.52. The fourth-order valence-corrected chi connectivity index (χ4v) is 1.15.